The average molecular weight is 286 g/mol. The van der Waals surface area contributed by atoms with Crippen LogP contribution in [-0.2, 0) is 16.8 Å². The molecule has 1 fully saturated rings. The zero-order chi connectivity index (χ0) is 13.9. The van der Waals surface area contributed by atoms with Gasteiger partial charge in [0.2, 0.25) is 0 Å². The summed E-state index contributed by atoms with van der Waals surface area (Å²) < 4.78 is 40.6. The van der Waals surface area contributed by atoms with E-state index in [1.54, 1.807) is 12.1 Å². The number of nitrogens with zero attached hydrogens (tertiary/aromatic N) is 2. The summed E-state index contributed by atoms with van der Waals surface area (Å²) in [4.78, 5) is 0. The lowest BCUT2D eigenvalue weighted by Gasteiger charge is -2.30. The van der Waals surface area contributed by atoms with E-state index in [2.05, 4.69) is 0 Å². The maximum absolute atomic E-state index is 13.1. The standard InChI is InChI=1S/C13H19FN2O2S/c1-15(11-12-6-5-7-13(14)10-12)19(17,18)16-8-3-2-4-9-16/h5-7,10H,2-4,8-9,11H2,1H3. The molecule has 19 heavy (non-hydrogen) atoms. The summed E-state index contributed by atoms with van der Waals surface area (Å²) >= 11 is 0. The zero-order valence-corrected chi connectivity index (χ0v) is 11.9. The Hall–Kier alpha value is -0.980. The molecular weight excluding hydrogens is 267 g/mol. The van der Waals surface area contributed by atoms with Crippen molar-refractivity contribution in [3.05, 3.63) is 35.6 Å². The van der Waals surface area contributed by atoms with Crippen LogP contribution in [0.1, 0.15) is 24.8 Å². The molecule has 0 radical (unpaired) electrons. The highest BCUT2D eigenvalue weighted by Crippen LogP contribution is 2.17. The van der Waals surface area contributed by atoms with Gasteiger partial charge in [0.05, 0.1) is 0 Å². The van der Waals surface area contributed by atoms with Crippen LogP contribution in [0.2, 0.25) is 0 Å². The fourth-order valence-corrected chi connectivity index (χ4v) is 3.69. The number of halogens is 1. The summed E-state index contributed by atoms with van der Waals surface area (Å²) in [6, 6.07) is 6.03. The van der Waals surface area contributed by atoms with Gasteiger partial charge in [-0.15, -0.1) is 0 Å². The molecule has 0 aliphatic carbocycles. The molecule has 1 heterocycles. The maximum atomic E-state index is 13.1. The van der Waals surface area contributed by atoms with Crippen molar-refractivity contribution in [3.63, 3.8) is 0 Å². The molecule has 0 spiro atoms. The van der Waals surface area contributed by atoms with Gasteiger partial charge < -0.3 is 0 Å². The molecule has 1 aromatic rings. The normalized spacial score (nSPS) is 17.8. The molecule has 4 nitrogen and oxygen atoms in total. The Morgan fingerprint density at radius 2 is 1.95 bits per heavy atom. The molecule has 0 N–H and O–H groups in total. The summed E-state index contributed by atoms with van der Waals surface area (Å²) in [6.45, 7) is 1.35. The van der Waals surface area contributed by atoms with Crippen molar-refractivity contribution < 1.29 is 12.8 Å². The molecule has 0 aromatic heterocycles. The van der Waals surface area contributed by atoms with E-state index in [-0.39, 0.29) is 12.4 Å². The van der Waals surface area contributed by atoms with E-state index in [4.69, 9.17) is 0 Å². The van der Waals surface area contributed by atoms with Gasteiger partial charge in [0, 0.05) is 26.7 Å². The van der Waals surface area contributed by atoms with Crippen LogP contribution >= 0.6 is 0 Å². The Kier molecular flexibility index (Phi) is 4.54. The lowest BCUT2D eigenvalue weighted by Crippen LogP contribution is -2.44. The third kappa shape index (κ3) is 3.52. The summed E-state index contributed by atoms with van der Waals surface area (Å²) in [5.41, 5.74) is 0.656. The van der Waals surface area contributed by atoms with E-state index < -0.39 is 10.2 Å². The molecule has 6 heteroatoms. The minimum atomic E-state index is -3.43. The molecule has 0 atom stereocenters. The first-order chi connectivity index (χ1) is 9.00. The first-order valence-corrected chi connectivity index (χ1v) is 7.86. The number of rotatable bonds is 4. The first kappa shape index (κ1) is 14.4. The average Bonchev–Trinajstić information content (AvgIpc) is 2.39. The number of hydrogen-bond donors (Lipinski definition) is 0. The molecule has 1 aromatic carbocycles. The SMILES string of the molecule is CN(Cc1cccc(F)c1)S(=O)(=O)N1CCCCC1. The Labute approximate surface area is 114 Å². The van der Waals surface area contributed by atoms with Gasteiger partial charge in [0.1, 0.15) is 5.82 Å². The second kappa shape index (κ2) is 5.98. The molecule has 1 aliphatic rings. The van der Waals surface area contributed by atoms with Crippen LogP contribution in [0, 0.1) is 5.82 Å². The minimum Gasteiger partial charge on any atom is -0.207 e. The molecule has 106 valence electrons. The molecule has 0 saturated carbocycles. The van der Waals surface area contributed by atoms with Gasteiger partial charge >= 0.3 is 0 Å². The fourth-order valence-electron chi connectivity index (χ4n) is 2.27. The van der Waals surface area contributed by atoms with Gasteiger partial charge in [-0.1, -0.05) is 18.6 Å². The maximum Gasteiger partial charge on any atom is 0.282 e. The third-order valence-electron chi connectivity index (χ3n) is 3.33. The Bertz CT molecular complexity index is 527. The molecule has 2 rings (SSSR count). The highest BCUT2D eigenvalue weighted by Gasteiger charge is 2.28. The first-order valence-electron chi connectivity index (χ1n) is 6.46. The summed E-state index contributed by atoms with van der Waals surface area (Å²) in [5.74, 6) is -0.346. The van der Waals surface area contributed by atoms with Crippen molar-refractivity contribution >= 4 is 10.2 Å². The lowest BCUT2D eigenvalue weighted by molar-refractivity contribution is 0.314. The molecule has 1 saturated heterocycles. The molecule has 1 aliphatic heterocycles. The van der Waals surface area contributed by atoms with Gasteiger partial charge in [-0.3, -0.25) is 0 Å². The number of piperidine rings is 1. The second-order valence-corrected chi connectivity index (χ2v) is 6.89. The van der Waals surface area contributed by atoms with Crippen LogP contribution in [0.5, 0.6) is 0 Å². The van der Waals surface area contributed by atoms with E-state index in [9.17, 15) is 12.8 Å². The molecular formula is C13H19FN2O2S. The van der Waals surface area contributed by atoms with Crippen LogP contribution in [-0.4, -0.2) is 37.2 Å². The Morgan fingerprint density at radius 3 is 2.58 bits per heavy atom. The predicted octanol–water partition coefficient (Wildman–Crippen LogP) is 1.99. The van der Waals surface area contributed by atoms with E-state index in [0.29, 0.717) is 18.7 Å². The van der Waals surface area contributed by atoms with Crippen LogP contribution in [0.4, 0.5) is 4.39 Å². The van der Waals surface area contributed by atoms with Gasteiger partial charge in [-0.05, 0) is 30.5 Å². The van der Waals surface area contributed by atoms with Gasteiger partial charge in [0.25, 0.3) is 10.2 Å². The predicted molar refractivity (Wildman–Crippen MR) is 72.2 cm³/mol. The Morgan fingerprint density at radius 1 is 1.26 bits per heavy atom. The van der Waals surface area contributed by atoms with Crippen molar-refractivity contribution in [1.29, 1.82) is 0 Å². The van der Waals surface area contributed by atoms with E-state index in [0.717, 1.165) is 19.3 Å². The van der Waals surface area contributed by atoms with Crippen LogP contribution < -0.4 is 0 Å². The second-order valence-electron chi connectivity index (χ2n) is 4.85. The van der Waals surface area contributed by atoms with E-state index >= 15 is 0 Å². The third-order valence-corrected chi connectivity index (χ3v) is 5.26. The minimum absolute atomic E-state index is 0.191. The smallest absolute Gasteiger partial charge is 0.207 e. The van der Waals surface area contributed by atoms with Crippen molar-refractivity contribution in [1.82, 2.24) is 8.61 Å². The van der Waals surface area contributed by atoms with Crippen LogP contribution in [0.25, 0.3) is 0 Å². The Balaban J connectivity index is 2.07. The van der Waals surface area contributed by atoms with Crippen molar-refractivity contribution in [2.45, 2.75) is 25.8 Å². The monoisotopic (exact) mass is 286 g/mol. The van der Waals surface area contributed by atoms with E-state index in [1.165, 1.54) is 27.8 Å². The van der Waals surface area contributed by atoms with Gasteiger partial charge in [-0.25, -0.2) is 4.39 Å². The fraction of sp³-hybridized carbons (Fsp3) is 0.538. The number of hydrogen-bond acceptors (Lipinski definition) is 2. The largest absolute Gasteiger partial charge is 0.282 e. The summed E-state index contributed by atoms with van der Waals surface area (Å²) in [6.07, 6.45) is 2.90. The molecule has 0 bridgehead atoms. The topological polar surface area (TPSA) is 40.6 Å². The molecule has 0 amide bonds. The highest BCUT2D eigenvalue weighted by atomic mass is 32.2. The highest BCUT2D eigenvalue weighted by molar-refractivity contribution is 7.86. The summed E-state index contributed by atoms with van der Waals surface area (Å²) in [5, 5.41) is 0. The zero-order valence-electron chi connectivity index (χ0n) is 11.0. The van der Waals surface area contributed by atoms with Gasteiger partial charge in [-0.2, -0.15) is 17.0 Å². The summed E-state index contributed by atoms with van der Waals surface area (Å²) in [7, 11) is -1.89. The van der Waals surface area contributed by atoms with Crippen molar-refractivity contribution in [2.24, 2.45) is 0 Å². The van der Waals surface area contributed by atoms with Crippen molar-refractivity contribution in [2.75, 3.05) is 20.1 Å². The lowest BCUT2D eigenvalue weighted by atomic mass is 10.2. The molecule has 0 unspecified atom stereocenters. The van der Waals surface area contributed by atoms with Crippen LogP contribution in [0.15, 0.2) is 24.3 Å². The number of benzene rings is 1. The van der Waals surface area contributed by atoms with Crippen molar-refractivity contribution in [3.8, 4) is 0 Å². The van der Waals surface area contributed by atoms with Crippen LogP contribution in [0.3, 0.4) is 0 Å². The van der Waals surface area contributed by atoms with Gasteiger partial charge in [0.15, 0.2) is 0 Å². The van der Waals surface area contributed by atoms with E-state index in [1.807, 2.05) is 0 Å². The quantitative estimate of drug-likeness (QED) is 0.849.